The maximum absolute atomic E-state index is 11.7. The number of carbonyl (C=O) groups is 2. The van der Waals surface area contributed by atoms with Crippen LogP contribution in [-0.2, 0) is 9.59 Å². The zero-order chi connectivity index (χ0) is 13.4. The minimum atomic E-state index is 0. The molecule has 0 rings (SSSR count). The normalized spacial score (nSPS) is 11.7. The molecular weight excluding hydrogens is 254 g/mol. The first-order valence-corrected chi connectivity index (χ1v) is 6.13. The molecule has 18 heavy (non-hydrogen) atoms. The molecule has 0 spiro atoms. The Bertz CT molecular complexity index is 260. The predicted molar refractivity (Wildman–Crippen MR) is 75.7 cm³/mol. The Morgan fingerprint density at radius 2 is 1.78 bits per heavy atom. The molecule has 3 N–H and O–H groups in total. The summed E-state index contributed by atoms with van der Waals surface area (Å²) in [5, 5.41) is 2.80. The van der Waals surface area contributed by atoms with E-state index in [0.717, 1.165) is 0 Å². The first kappa shape index (κ1) is 19.5. The van der Waals surface area contributed by atoms with Gasteiger partial charge in [0.1, 0.15) is 0 Å². The van der Waals surface area contributed by atoms with Crippen LogP contribution >= 0.6 is 12.4 Å². The van der Waals surface area contributed by atoms with E-state index in [2.05, 4.69) is 5.32 Å². The number of amides is 2. The van der Waals surface area contributed by atoms with Gasteiger partial charge < -0.3 is 16.0 Å². The maximum atomic E-state index is 11.7. The molecular formula is C12H26ClN3O2. The standard InChI is InChI=1S/C12H25N3O2.ClH/c1-9(2)14-11(16)6-5-7-12(17)15(4)10(3)8-13;/h9-10H,5-8,13H2,1-4H3,(H,14,16);1H. The minimum Gasteiger partial charge on any atom is -0.354 e. The van der Waals surface area contributed by atoms with E-state index >= 15 is 0 Å². The van der Waals surface area contributed by atoms with Crippen molar-refractivity contribution in [1.82, 2.24) is 10.2 Å². The fourth-order valence-corrected chi connectivity index (χ4v) is 1.37. The van der Waals surface area contributed by atoms with Gasteiger partial charge in [0.2, 0.25) is 11.8 Å². The summed E-state index contributed by atoms with van der Waals surface area (Å²) in [7, 11) is 1.74. The van der Waals surface area contributed by atoms with Crippen molar-refractivity contribution in [3.8, 4) is 0 Å². The van der Waals surface area contributed by atoms with E-state index in [1.165, 1.54) is 0 Å². The second-order valence-electron chi connectivity index (χ2n) is 4.67. The van der Waals surface area contributed by atoms with Gasteiger partial charge in [-0.25, -0.2) is 0 Å². The average molecular weight is 280 g/mol. The van der Waals surface area contributed by atoms with E-state index in [0.29, 0.717) is 25.8 Å². The molecule has 0 aliphatic carbocycles. The van der Waals surface area contributed by atoms with Gasteiger partial charge in [0.25, 0.3) is 0 Å². The van der Waals surface area contributed by atoms with Crippen LogP contribution in [0.25, 0.3) is 0 Å². The number of likely N-dealkylation sites (N-methyl/N-ethyl adjacent to an activating group) is 1. The van der Waals surface area contributed by atoms with Crippen LogP contribution in [-0.4, -0.2) is 42.4 Å². The zero-order valence-electron chi connectivity index (χ0n) is 11.7. The van der Waals surface area contributed by atoms with Crippen molar-refractivity contribution >= 4 is 24.2 Å². The largest absolute Gasteiger partial charge is 0.354 e. The molecule has 0 aromatic rings. The Balaban J connectivity index is 0. The van der Waals surface area contributed by atoms with Gasteiger partial charge in [0.05, 0.1) is 0 Å². The zero-order valence-corrected chi connectivity index (χ0v) is 12.5. The smallest absolute Gasteiger partial charge is 0.222 e. The summed E-state index contributed by atoms with van der Waals surface area (Å²) in [5.41, 5.74) is 5.48. The maximum Gasteiger partial charge on any atom is 0.222 e. The summed E-state index contributed by atoms with van der Waals surface area (Å²) in [6.45, 7) is 6.19. The molecule has 0 aromatic heterocycles. The summed E-state index contributed by atoms with van der Waals surface area (Å²) < 4.78 is 0. The third-order valence-electron chi connectivity index (χ3n) is 2.64. The molecule has 0 aromatic carbocycles. The quantitative estimate of drug-likeness (QED) is 0.727. The number of hydrogen-bond donors (Lipinski definition) is 2. The Morgan fingerprint density at radius 1 is 1.22 bits per heavy atom. The Labute approximate surface area is 116 Å². The van der Waals surface area contributed by atoms with Crippen LogP contribution < -0.4 is 11.1 Å². The van der Waals surface area contributed by atoms with Gasteiger partial charge in [-0.2, -0.15) is 0 Å². The lowest BCUT2D eigenvalue weighted by Gasteiger charge is -2.23. The molecule has 6 heteroatoms. The van der Waals surface area contributed by atoms with Crippen molar-refractivity contribution in [2.24, 2.45) is 5.73 Å². The molecule has 1 atom stereocenters. The highest BCUT2D eigenvalue weighted by Crippen LogP contribution is 2.03. The third-order valence-corrected chi connectivity index (χ3v) is 2.64. The van der Waals surface area contributed by atoms with Crippen LogP contribution in [0.4, 0.5) is 0 Å². The summed E-state index contributed by atoms with van der Waals surface area (Å²) in [6.07, 6.45) is 1.38. The molecule has 0 aliphatic heterocycles. The number of halogens is 1. The lowest BCUT2D eigenvalue weighted by atomic mass is 10.2. The predicted octanol–water partition coefficient (Wildman–Crippen LogP) is 0.909. The molecule has 5 nitrogen and oxygen atoms in total. The fraction of sp³-hybridized carbons (Fsp3) is 0.833. The highest BCUT2D eigenvalue weighted by molar-refractivity contribution is 5.85. The number of hydrogen-bond acceptors (Lipinski definition) is 3. The monoisotopic (exact) mass is 279 g/mol. The molecule has 1 unspecified atom stereocenters. The molecule has 0 bridgehead atoms. The van der Waals surface area contributed by atoms with Gasteiger partial charge >= 0.3 is 0 Å². The van der Waals surface area contributed by atoms with E-state index in [9.17, 15) is 9.59 Å². The second kappa shape index (κ2) is 10.1. The van der Waals surface area contributed by atoms with Gasteiger partial charge in [-0.05, 0) is 27.2 Å². The summed E-state index contributed by atoms with van der Waals surface area (Å²) >= 11 is 0. The van der Waals surface area contributed by atoms with Crippen molar-refractivity contribution in [3.63, 3.8) is 0 Å². The van der Waals surface area contributed by atoms with E-state index in [-0.39, 0.29) is 36.3 Å². The molecule has 2 amide bonds. The van der Waals surface area contributed by atoms with Crippen molar-refractivity contribution in [2.45, 2.75) is 52.1 Å². The van der Waals surface area contributed by atoms with Crippen LogP contribution in [0.2, 0.25) is 0 Å². The number of nitrogens with zero attached hydrogens (tertiary/aromatic N) is 1. The van der Waals surface area contributed by atoms with E-state index in [4.69, 9.17) is 5.73 Å². The number of rotatable bonds is 7. The average Bonchev–Trinajstić information content (AvgIpc) is 2.25. The van der Waals surface area contributed by atoms with Crippen LogP contribution in [0.15, 0.2) is 0 Å². The van der Waals surface area contributed by atoms with Gasteiger partial charge in [0, 0.05) is 38.5 Å². The first-order chi connectivity index (χ1) is 7.88. The molecule has 0 heterocycles. The van der Waals surface area contributed by atoms with E-state index < -0.39 is 0 Å². The van der Waals surface area contributed by atoms with Crippen LogP contribution in [0, 0.1) is 0 Å². The summed E-state index contributed by atoms with van der Waals surface area (Å²) in [4.78, 5) is 24.7. The highest BCUT2D eigenvalue weighted by Gasteiger charge is 2.14. The highest BCUT2D eigenvalue weighted by atomic mass is 35.5. The molecule has 0 saturated heterocycles. The van der Waals surface area contributed by atoms with Gasteiger partial charge in [0.15, 0.2) is 0 Å². The van der Waals surface area contributed by atoms with Crippen LogP contribution in [0.1, 0.15) is 40.0 Å². The second-order valence-corrected chi connectivity index (χ2v) is 4.67. The lowest BCUT2D eigenvalue weighted by Crippen LogP contribution is -2.39. The van der Waals surface area contributed by atoms with Crippen molar-refractivity contribution in [1.29, 1.82) is 0 Å². The fourth-order valence-electron chi connectivity index (χ4n) is 1.37. The lowest BCUT2D eigenvalue weighted by molar-refractivity contribution is -0.131. The number of carbonyl (C=O) groups excluding carboxylic acids is 2. The number of nitrogens with one attached hydrogen (secondary N) is 1. The van der Waals surface area contributed by atoms with Gasteiger partial charge in [-0.15, -0.1) is 12.4 Å². The molecule has 0 saturated carbocycles. The Kier molecular flexibility index (Phi) is 11.0. The van der Waals surface area contributed by atoms with Gasteiger partial charge in [-0.1, -0.05) is 0 Å². The summed E-state index contributed by atoms with van der Waals surface area (Å²) in [6, 6.07) is 0.199. The molecule has 0 fully saturated rings. The molecule has 108 valence electrons. The van der Waals surface area contributed by atoms with Crippen LogP contribution in [0.3, 0.4) is 0 Å². The van der Waals surface area contributed by atoms with Gasteiger partial charge in [-0.3, -0.25) is 9.59 Å². The topological polar surface area (TPSA) is 75.4 Å². The first-order valence-electron chi connectivity index (χ1n) is 6.13. The van der Waals surface area contributed by atoms with Crippen molar-refractivity contribution in [2.75, 3.05) is 13.6 Å². The van der Waals surface area contributed by atoms with E-state index in [1.807, 2.05) is 20.8 Å². The molecule has 0 radical (unpaired) electrons. The third kappa shape index (κ3) is 8.31. The number of nitrogens with two attached hydrogens (primary N) is 1. The van der Waals surface area contributed by atoms with Crippen molar-refractivity contribution in [3.05, 3.63) is 0 Å². The van der Waals surface area contributed by atoms with Crippen molar-refractivity contribution < 1.29 is 9.59 Å². The van der Waals surface area contributed by atoms with E-state index in [1.54, 1.807) is 11.9 Å². The minimum absolute atomic E-state index is 0. The summed E-state index contributed by atoms with van der Waals surface area (Å²) in [5.74, 6) is 0.0441. The Hall–Kier alpha value is -0.810. The molecule has 0 aliphatic rings. The van der Waals surface area contributed by atoms with Crippen LogP contribution in [0.5, 0.6) is 0 Å². The Morgan fingerprint density at radius 3 is 2.22 bits per heavy atom. The SMILES string of the molecule is CC(C)NC(=O)CCCC(=O)N(C)C(C)CN.Cl.